The van der Waals surface area contributed by atoms with E-state index in [1.807, 2.05) is 0 Å². The van der Waals surface area contributed by atoms with Gasteiger partial charge in [-0.05, 0) is 24.1 Å². The van der Waals surface area contributed by atoms with Crippen LogP contribution in [0.2, 0.25) is 0 Å². The molecule has 76 valence electrons. The number of phenolic OH excluding ortho intramolecular Hbond substituents is 1. The Morgan fingerprint density at radius 1 is 1.43 bits per heavy atom. The lowest BCUT2D eigenvalue weighted by Gasteiger charge is -2.07. The molecule has 0 fully saturated rings. The van der Waals surface area contributed by atoms with E-state index in [2.05, 4.69) is 4.89 Å². The molecule has 0 saturated carbocycles. The molecule has 0 bridgehead atoms. The van der Waals surface area contributed by atoms with Crippen molar-refractivity contribution in [1.29, 1.82) is 0 Å². The highest BCUT2D eigenvalue weighted by Gasteiger charge is 2.15. The van der Waals surface area contributed by atoms with Crippen LogP contribution in [0.3, 0.4) is 0 Å². The minimum atomic E-state index is -0.899. The Morgan fingerprint density at radius 3 is 2.50 bits per heavy atom. The van der Waals surface area contributed by atoms with Crippen LogP contribution in [0.15, 0.2) is 24.3 Å². The number of phenols is 1. The first-order valence-corrected chi connectivity index (χ1v) is 4.02. The topological polar surface area (TPSA) is 92.8 Å². The van der Waals surface area contributed by atoms with E-state index in [0.717, 1.165) is 5.56 Å². The summed E-state index contributed by atoms with van der Waals surface area (Å²) in [5.41, 5.74) is 6.18. The Hall–Kier alpha value is -1.59. The van der Waals surface area contributed by atoms with E-state index in [-0.39, 0.29) is 12.2 Å². The summed E-state index contributed by atoms with van der Waals surface area (Å²) in [6.07, 6.45) is 0.250. The fraction of sp³-hybridized carbons (Fsp3) is 0.222. The van der Waals surface area contributed by atoms with Crippen LogP contribution in [0.5, 0.6) is 5.75 Å². The van der Waals surface area contributed by atoms with E-state index in [9.17, 15) is 4.79 Å². The van der Waals surface area contributed by atoms with Crippen molar-refractivity contribution in [2.45, 2.75) is 12.5 Å². The molecular weight excluding hydrogens is 186 g/mol. The minimum Gasteiger partial charge on any atom is -0.508 e. The van der Waals surface area contributed by atoms with Gasteiger partial charge in [0.25, 0.3) is 0 Å². The van der Waals surface area contributed by atoms with Crippen molar-refractivity contribution in [2.24, 2.45) is 5.73 Å². The zero-order valence-corrected chi connectivity index (χ0v) is 7.38. The molecule has 1 aromatic carbocycles. The summed E-state index contributed by atoms with van der Waals surface area (Å²) in [5.74, 6) is -0.731. The van der Waals surface area contributed by atoms with Crippen molar-refractivity contribution in [3.05, 3.63) is 29.8 Å². The molecule has 14 heavy (non-hydrogen) atoms. The van der Waals surface area contributed by atoms with Crippen LogP contribution in [-0.2, 0) is 16.1 Å². The van der Waals surface area contributed by atoms with Crippen LogP contribution in [0.1, 0.15) is 5.56 Å². The van der Waals surface area contributed by atoms with Crippen LogP contribution in [0.4, 0.5) is 0 Å². The van der Waals surface area contributed by atoms with Gasteiger partial charge in [-0.2, -0.15) is 5.26 Å². The van der Waals surface area contributed by atoms with Gasteiger partial charge in [0.2, 0.25) is 0 Å². The Balaban J connectivity index is 2.60. The molecule has 5 nitrogen and oxygen atoms in total. The second kappa shape index (κ2) is 4.59. The van der Waals surface area contributed by atoms with Crippen LogP contribution in [-0.4, -0.2) is 22.4 Å². The molecule has 1 rings (SSSR count). The van der Waals surface area contributed by atoms with Gasteiger partial charge in [-0.15, -0.1) is 0 Å². The lowest BCUT2D eigenvalue weighted by molar-refractivity contribution is -0.235. The van der Waals surface area contributed by atoms with Gasteiger partial charge in [0.05, 0.1) is 0 Å². The predicted octanol–water partition coefficient (Wildman–Crippen LogP) is 0.278. The van der Waals surface area contributed by atoms with E-state index >= 15 is 0 Å². The number of benzene rings is 1. The highest BCUT2D eigenvalue weighted by atomic mass is 17.1. The average Bonchev–Trinajstić information content (AvgIpc) is 2.20. The lowest BCUT2D eigenvalue weighted by Crippen LogP contribution is -2.33. The smallest absolute Gasteiger partial charge is 0.358 e. The standard InChI is InChI=1S/C9H11NO4/c10-8(9(12)14-13)5-6-1-3-7(11)4-2-6/h1-4,8,11,13H,5,10H2/t8-/m0/s1. The van der Waals surface area contributed by atoms with Crippen LogP contribution in [0, 0.1) is 0 Å². The van der Waals surface area contributed by atoms with Crippen molar-refractivity contribution in [3.63, 3.8) is 0 Å². The number of rotatable bonds is 3. The highest BCUT2D eigenvalue weighted by molar-refractivity contribution is 5.75. The maximum atomic E-state index is 10.7. The molecule has 1 aromatic rings. The Labute approximate surface area is 80.7 Å². The van der Waals surface area contributed by atoms with Gasteiger partial charge in [-0.3, -0.25) is 4.89 Å². The molecule has 0 unspecified atom stereocenters. The number of nitrogens with two attached hydrogens (primary N) is 1. The average molecular weight is 197 g/mol. The van der Waals surface area contributed by atoms with Gasteiger partial charge in [0.15, 0.2) is 0 Å². The second-order valence-electron chi connectivity index (χ2n) is 2.89. The normalized spacial score (nSPS) is 12.1. The lowest BCUT2D eigenvalue weighted by atomic mass is 10.1. The van der Waals surface area contributed by atoms with Gasteiger partial charge in [-0.1, -0.05) is 12.1 Å². The number of hydrogen-bond acceptors (Lipinski definition) is 5. The quantitative estimate of drug-likeness (QED) is 0.478. The zero-order chi connectivity index (χ0) is 10.6. The third-order valence-electron chi connectivity index (χ3n) is 1.78. The van der Waals surface area contributed by atoms with Gasteiger partial charge >= 0.3 is 5.97 Å². The molecule has 0 aliphatic rings. The maximum Gasteiger partial charge on any atom is 0.358 e. The zero-order valence-electron chi connectivity index (χ0n) is 7.38. The predicted molar refractivity (Wildman–Crippen MR) is 48.5 cm³/mol. The van der Waals surface area contributed by atoms with Gasteiger partial charge in [0, 0.05) is 0 Å². The Morgan fingerprint density at radius 2 is 2.00 bits per heavy atom. The van der Waals surface area contributed by atoms with Crippen molar-refractivity contribution >= 4 is 5.97 Å². The summed E-state index contributed by atoms with van der Waals surface area (Å²) in [7, 11) is 0. The fourth-order valence-electron chi connectivity index (χ4n) is 1.04. The molecule has 0 heterocycles. The molecule has 0 aliphatic heterocycles. The van der Waals surface area contributed by atoms with Crippen LogP contribution >= 0.6 is 0 Å². The molecule has 0 spiro atoms. The molecule has 0 saturated heterocycles. The number of aromatic hydroxyl groups is 1. The van der Waals surface area contributed by atoms with Gasteiger partial charge in [-0.25, -0.2) is 4.79 Å². The largest absolute Gasteiger partial charge is 0.508 e. The Kier molecular flexibility index (Phi) is 3.44. The summed E-state index contributed by atoms with van der Waals surface area (Å²) in [6, 6.07) is 5.36. The van der Waals surface area contributed by atoms with Crippen LogP contribution in [0.25, 0.3) is 0 Å². The summed E-state index contributed by atoms with van der Waals surface area (Å²) >= 11 is 0. The van der Waals surface area contributed by atoms with Crippen molar-refractivity contribution in [2.75, 3.05) is 0 Å². The number of hydrogen-bond donors (Lipinski definition) is 3. The minimum absolute atomic E-state index is 0.145. The third-order valence-corrected chi connectivity index (χ3v) is 1.78. The number of carbonyl (C=O) groups excluding carboxylic acids is 1. The van der Waals surface area contributed by atoms with Crippen LogP contribution < -0.4 is 5.73 Å². The van der Waals surface area contributed by atoms with E-state index < -0.39 is 12.0 Å². The molecule has 0 amide bonds. The van der Waals surface area contributed by atoms with E-state index in [1.54, 1.807) is 12.1 Å². The first-order chi connectivity index (χ1) is 6.63. The summed E-state index contributed by atoms with van der Waals surface area (Å²) in [4.78, 5) is 14.2. The fourth-order valence-corrected chi connectivity index (χ4v) is 1.04. The van der Waals surface area contributed by atoms with Crippen molar-refractivity contribution in [3.8, 4) is 5.75 Å². The number of carbonyl (C=O) groups is 1. The van der Waals surface area contributed by atoms with E-state index in [1.165, 1.54) is 12.1 Å². The van der Waals surface area contributed by atoms with Crippen molar-refractivity contribution in [1.82, 2.24) is 0 Å². The summed E-state index contributed by atoms with van der Waals surface area (Å²) in [6.45, 7) is 0. The Bertz CT molecular complexity index is 309. The molecule has 4 N–H and O–H groups in total. The molecule has 0 aromatic heterocycles. The highest BCUT2D eigenvalue weighted by Crippen LogP contribution is 2.10. The first kappa shape index (κ1) is 10.5. The van der Waals surface area contributed by atoms with Gasteiger partial charge in [0.1, 0.15) is 11.8 Å². The molecule has 0 aliphatic carbocycles. The van der Waals surface area contributed by atoms with E-state index in [0.29, 0.717) is 0 Å². The van der Waals surface area contributed by atoms with Gasteiger partial charge < -0.3 is 10.8 Å². The molecule has 0 radical (unpaired) electrons. The molecular formula is C9H11NO4. The molecule has 5 heteroatoms. The third kappa shape index (κ3) is 2.72. The monoisotopic (exact) mass is 197 g/mol. The SMILES string of the molecule is N[C@@H](Cc1ccc(O)cc1)C(=O)OO. The first-order valence-electron chi connectivity index (χ1n) is 4.02. The maximum absolute atomic E-state index is 10.7. The van der Waals surface area contributed by atoms with Crippen molar-refractivity contribution < 1.29 is 20.0 Å². The molecule has 1 atom stereocenters. The second-order valence-corrected chi connectivity index (χ2v) is 2.89. The summed E-state index contributed by atoms with van der Waals surface area (Å²) in [5, 5.41) is 17.0. The van der Waals surface area contributed by atoms with E-state index in [4.69, 9.17) is 16.1 Å². The summed E-state index contributed by atoms with van der Waals surface area (Å²) < 4.78 is 0.